The molecule has 43 heteroatoms. The minimum atomic E-state index is -1.76. The number of aliphatic hydroxyl groups is 3. The van der Waals surface area contributed by atoms with Gasteiger partial charge < -0.3 is 88.0 Å². The molecule has 5 aromatic carbocycles. The second kappa shape index (κ2) is 40.7. The highest BCUT2D eigenvalue weighted by atomic mass is 16.6. The molecule has 142 heavy (non-hydrogen) atoms. The predicted octanol–water partition coefficient (Wildman–Crippen LogP) is 1.49. The number of rotatable bonds is 27. The highest BCUT2D eigenvalue weighted by molar-refractivity contribution is 5.93. The molecule has 10 fully saturated rings. The number of nitrogens with one attached hydrogen (secondary N) is 5. The number of likely N-dealkylation sites (tertiary alicyclic amines) is 3. The van der Waals surface area contributed by atoms with Crippen LogP contribution in [0.15, 0.2) is 231 Å². The van der Waals surface area contributed by atoms with Crippen LogP contribution in [0.4, 0.5) is 0 Å². The van der Waals surface area contributed by atoms with Gasteiger partial charge in [-0.3, -0.25) is 85.7 Å². The molecule has 10 aliphatic rings. The molecular weight excluding hydrogens is 1850 g/mol. The van der Waals surface area contributed by atoms with Gasteiger partial charge in [0.2, 0.25) is 0 Å². The van der Waals surface area contributed by atoms with Crippen LogP contribution in [-0.2, 0) is 118 Å². The zero-order chi connectivity index (χ0) is 102. The summed E-state index contributed by atoms with van der Waals surface area (Å²) in [6.45, 7) is 15.7. The third-order valence-corrected chi connectivity index (χ3v) is 28.2. The summed E-state index contributed by atoms with van der Waals surface area (Å²) in [5.74, 6) is -1.48. The van der Waals surface area contributed by atoms with E-state index >= 15 is 0 Å². The number of ether oxygens (including phenoxy) is 10. The van der Waals surface area contributed by atoms with Crippen LogP contribution in [-0.4, -0.2) is 223 Å². The maximum absolute atomic E-state index is 13.5. The molecule has 8 N–H and O–H groups in total. The quantitative estimate of drug-likeness (QED) is 0.0361. The number of fused-ring (bicyclic) bond motifs is 10. The smallest absolute Gasteiger partial charge is 0.335 e. The van der Waals surface area contributed by atoms with Crippen LogP contribution in [0.1, 0.15) is 140 Å². The minimum absolute atomic E-state index is 0.168. The van der Waals surface area contributed by atoms with Crippen molar-refractivity contribution >= 4 is 29.5 Å². The van der Waals surface area contributed by atoms with Crippen LogP contribution < -0.4 is 66.9 Å². The fraction of sp³-hybridized carbons (Fsp3) is 0.444. The van der Waals surface area contributed by atoms with E-state index < -0.39 is 189 Å². The lowest BCUT2D eigenvalue weighted by Gasteiger charge is -2.34. The van der Waals surface area contributed by atoms with Crippen molar-refractivity contribution in [2.75, 3.05) is 27.7 Å². The van der Waals surface area contributed by atoms with Crippen LogP contribution in [0, 0.1) is 34.6 Å². The Morgan fingerprint density at radius 1 is 0.331 bits per heavy atom. The summed E-state index contributed by atoms with van der Waals surface area (Å²) in [4.78, 5) is 197. The molecule has 5 unspecified atom stereocenters. The van der Waals surface area contributed by atoms with Crippen LogP contribution in [0.25, 0.3) is 0 Å². The number of hydrogen-bond acceptors (Lipinski definition) is 28. The Morgan fingerprint density at radius 2 is 0.606 bits per heavy atom. The molecule has 0 radical (unpaired) electrons. The van der Waals surface area contributed by atoms with Crippen molar-refractivity contribution in [3.05, 3.63) is 342 Å². The van der Waals surface area contributed by atoms with Crippen molar-refractivity contribution in [1.82, 2.24) is 72.3 Å². The molecule has 15 heterocycles. The van der Waals surface area contributed by atoms with Gasteiger partial charge in [-0.2, -0.15) is 0 Å². The van der Waals surface area contributed by atoms with Crippen molar-refractivity contribution in [3.63, 3.8) is 0 Å². The van der Waals surface area contributed by atoms with Gasteiger partial charge in [-0.25, -0.2) is 33.1 Å². The second-order valence-electron chi connectivity index (χ2n) is 36.7. The minimum Gasteiger partial charge on any atom is -0.393 e. The maximum atomic E-state index is 13.5. The number of aliphatic hydroxyl groups excluding tert-OH is 3. The molecule has 10 saturated heterocycles. The molecule has 752 valence electrons. The molecular formula is C99H113N15O28. The molecule has 0 saturated carbocycles. The number of likely N-dealkylation sites (N-methyl/N-ethyl adjacent to an activating group) is 3. The number of aromatic nitrogens is 10. The van der Waals surface area contributed by atoms with Crippen LogP contribution >= 0.6 is 0 Å². The first-order valence-corrected chi connectivity index (χ1v) is 46.6. The summed E-state index contributed by atoms with van der Waals surface area (Å²) >= 11 is 0. The van der Waals surface area contributed by atoms with E-state index in [4.69, 9.17) is 47.4 Å². The first kappa shape index (κ1) is 101. The molecule has 20 rings (SSSR count). The topological polar surface area (TPSA) is 525 Å². The average molecular weight is 1960 g/mol. The van der Waals surface area contributed by atoms with E-state index in [1.165, 1.54) is 73.0 Å². The van der Waals surface area contributed by atoms with Crippen molar-refractivity contribution in [2.24, 2.45) is 0 Å². The molecule has 10 aliphatic heterocycles. The van der Waals surface area contributed by atoms with E-state index in [0.717, 1.165) is 41.5 Å². The van der Waals surface area contributed by atoms with Gasteiger partial charge in [-0.1, -0.05) is 179 Å². The van der Waals surface area contributed by atoms with Crippen molar-refractivity contribution < 1.29 is 86.7 Å². The van der Waals surface area contributed by atoms with Gasteiger partial charge in [0.25, 0.3) is 57.3 Å². The molecule has 0 spiro atoms. The summed E-state index contributed by atoms with van der Waals surface area (Å²) in [5.41, 5.74) is -5.40. The average Bonchev–Trinajstić information content (AvgIpc) is 1.54. The lowest BCUT2D eigenvalue weighted by Crippen LogP contribution is -2.52. The van der Waals surface area contributed by atoms with Gasteiger partial charge in [0.1, 0.15) is 74.2 Å². The fourth-order valence-corrected chi connectivity index (χ4v) is 20.4. The highest BCUT2D eigenvalue weighted by Crippen LogP contribution is 2.53. The number of H-pyrrole nitrogens is 3. The summed E-state index contributed by atoms with van der Waals surface area (Å²) in [5, 5.41) is 35.9. The Balaban J connectivity index is 0.000000130. The van der Waals surface area contributed by atoms with Crippen molar-refractivity contribution in [1.29, 1.82) is 0 Å². The summed E-state index contributed by atoms with van der Waals surface area (Å²) < 4.78 is 68.5. The van der Waals surface area contributed by atoms with Gasteiger partial charge in [-0.05, 0) is 88.1 Å². The number of aryl methyl sites for hydroxylation is 5. The first-order valence-electron chi connectivity index (χ1n) is 46.6. The summed E-state index contributed by atoms with van der Waals surface area (Å²) in [6.07, 6.45) is 0.449. The van der Waals surface area contributed by atoms with Crippen LogP contribution in [0.5, 0.6) is 0 Å². The lowest BCUT2D eigenvalue weighted by atomic mass is 9.95. The molecule has 10 bridgehead atoms. The van der Waals surface area contributed by atoms with E-state index in [1.54, 1.807) is 53.6 Å². The normalized spacial score (nSPS) is 28.5. The Morgan fingerprint density at radius 3 is 0.951 bits per heavy atom. The standard InChI is InChI=1S/C28H31N3O6.C27H29N3O6.C19H21N3O5.C13H17N3O5.C12H15N3O6/c1-4-28-23(36-17-21-13-9-6-10-14-21)22(29(3)26(28)33)25(37-28)30-15-19(2)24(32)31(27(30)34)18-35-16-20-11-7-5-8-12-20;1-3-27-22(35-16-20-12-8-5-9-13-20)21(28-25(27)32)24(36-27)29-14-18(2)23(31)30(26(29)33)17-34-15-19-10-6-4-7-11-19;1-3-19-14(26-10-12-7-5-4-6-8-12)13(20-17(19)24)16(27-19)22-9-11(2)15(23)21-18(22)25;1-4-13-8(17)7(15(3)11(13)19)10(21-13)16-5-6(2)9(18)14-12(16)20;1-5-3-15(11(20)13-8(5)18)9-6-7(17)12(4-16,21-9)10(19)14(6)2/h5-15,22-23,25H,4,16-18H2,1-3H3;4-14,21-22,24H,3,15-17H2,1-2H3,(H,28,32);4-9,13-14,16H,3,10H2,1-2H3,(H,20,24)(H,21,23,25);5,7-8,10,17H,4H2,1-3H3,(H,14,18,20);3,6-7,9,16-17H,4H2,1-2H3,(H,13,18,20)/t22-,23?,25+,28+;21-,22?,24+,27+;13-,14?,16+,19+;7-,8?,10+,13+;6-,7?,9+,12+/m00000/s1. The number of carbonyl (C=O) groups is 5. The second-order valence-corrected chi connectivity index (χ2v) is 36.7. The molecule has 5 aromatic heterocycles. The van der Waals surface area contributed by atoms with Crippen LogP contribution in [0.3, 0.4) is 0 Å². The SMILES string of the molecule is CC[C@@]12O[C@@H](n3cc(C)c(=O)[nH]c3=O)[C@H](C1O)N(C)C2=O.CC[C@@]12O[C@@H](n3cc(C)c(=O)n(COCc4ccccc4)c3=O)[C@H](C1OCc1ccccc1)N(C)C2=O.CC[C@]12O[C@@H](n3cc(C)c(=O)[nH]c3=O)[C@@H](NC1=O)C2OCc1ccccc1.CC[C@]12O[C@@H](n3cc(C)c(=O)n(COCc4ccccc4)c3=O)[C@@H](NC1=O)C2OCc1ccccc1.Cc1cn([C@@H]2O[C@@]3(CO)C(=O)N(C)[C@H]2C3O)c(=O)[nH]c1=O. The maximum Gasteiger partial charge on any atom is 0.335 e. The molecule has 0 aliphatic carbocycles. The Bertz CT molecular complexity index is 6950. The molecule has 20 atom stereocenters. The van der Waals surface area contributed by atoms with Gasteiger partial charge in [0.05, 0.1) is 39.6 Å². The number of nitrogens with zero attached hydrogens (tertiary/aromatic N) is 10. The van der Waals surface area contributed by atoms with E-state index in [0.29, 0.717) is 73.3 Å². The number of benzene rings is 5. The number of morpholine rings is 5. The van der Waals surface area contributed by atoms with Gasteiger partial charge in [-0.15, -0.1) is 0 Å². The van der Waals surface area contributed by atoms with Crippen LogP contribution in [0.2, 0.25) is 0 Å². The molecule has 43 nitrogen and oxygen atoms in total. The summed E-state index contributed by atoms with van der Waals surface area (Å²) in [7, 11) is 4.75. The number of aromatic amines is 3. The largest absolute Gasteiger partial charge is 0.393 e. The summed E-state index contributed by atoms with van der Waals surface area (Å²) in [6, 6.07) is 44.9. The van der Waals surface area contributed by atoms with Gasteiger partial charge in [0.15, 0.2) is 59.1 Å². The van der Waals surface area contributed by atoms with E-state index in [-0.39, 0.29) is 50.3 Å². The Hall–Kier alpha value is -13.7. The van der Waals surface area contributed by atoms with E-state index in [2.05, 4.69) is 25.6 Å². The third kappa shape index (κ3) is 17.9. The molecule has 10 aromatic rings. The van der Waals surface area contributed by atoms with Crippen molar-refractivity contribution in [2.45, 2.75) is 254 Å². The first-order chi connectivity index (χ1) is 67.9. The van der Waals surface area contributed by atoms with Gasteiger partial charge in [0, 0.05) is 79.9 Å². The molecule has 5 amide bonds. The zero-order valence-corrected chi connectivity index (χ0v) is 80.0. The van der Waals surface area contributed by atoms with E-state index in [1.807, 2.05) is 172 Å². The number of carbonyl (C=O) groups excluding carboxylic acids is 5. The Kier molecular flexibility index (Phi) is 29.1. The fourth-order valence-electron chi connectivity index (χ4n) is 20.4. The number of hydrogen-bond donors (Lipinski definition) is 8. The monoisotopic (exact) mass is 1960 g/mol. The highest BCUT2D eigenvalue weighted by Gasteiger charge is 2.73. The van der Waals surface area contributed by atoms with Crippen molar-refractivity contribution in [3.8, 4) is 0 Å². The predicted molar refractivity (Wildman–Crippen MR) is 503 cm³/mol. The Labute approximate surface area is 809 Å². The van der Waals surface area contributed by atoms with E-state index in [9.17, 15) is 87.2 Å². The zero-order valence-electron chi connectivity index (χ0n) is 80.0. The van der Waals surface area contributed by atoms with Gasteiger partial charge >= 0.3 is 28.4 Å². The third-order valence-electron chi connectivity index (χ3n) is 28.2. The lowest BCUT2D eigenvalue weighted by molar-refractivity contribution is -0.182. The number of amides is 5.